The number of allylic oxidation sites excluding steroid dienone is 2. The van der Waals surface area contributed by atoms with Crippen molar-refractivity contribution in [3.63, 3.8) is 0 Å². The number of ether oxygens (including phenoxy) is 3. The molecule has 0 amide bonds. The van der Waals surface area contributed by atoms with E-state index in [2.05, 4.69) is 32.9 Å². The van der Waals surface area contributed by atoms with Gasteiger partial charge in [-0.15, -0.1) is 0 Å². The monoisotopic (exact) mass is 931 g/mol. The van der Waals surface area contributed by atoms with Crippen molar-refractivity contribution in [3.05, 3.63) is 12.2 Å². The molecule has 0 aromatic carbocycles. The maximum absolute atomic E-state index is 12.8. The highest BCUT2D eigenvalue weighted by Gasteiger charge is 2.19. The molecule has 6 nitrogen and oxygen atoms in total. The first kappa shape index (κ1) is 64.2. The van der Waals surface area contributed by atoms with E-state index in [4.69, 9.17) is 14.2 Å². The summed E-state index contributed by atoms with van der Waals surface area (Å²) in [5, 5.41) is 0. The topological polar surface area (TPSA) is 78.9 Å². The Hall–Kier alpha value is -1.85. The van der Waals surface area contributed by atoms with Gasteiger partial charge < -0.3 is 14.2 Å². The smallest absolute Gasteiger partial charge is 0.306 e. The normalized spacial score (nSPS) is 12.0. The van der Waals surface area contributed by atoms with Crippen LogP contribution in [0.15, 0.2) is 12.2 Å². The van der Waals surface area contributed by atoms with Gasteiger partial charge in [-0.05, 0) is 38.5 Å². The summed E-state index contributed by atoms with van der Waals surface area (Å²) in [6.45, 7) is 6.66. The first-order valence-corrected chi connectivity index (χ1v) is 29.7. The first-order valence-electron chi connectivity index (χ1n) is 29.7. The minimum atomic E-state index is -0.767. The van der Waals surface area contributed by atoms with Crippen molar-refractivity contribution < 1.29 is 28.6 Å². The average molecular weight is 932 g/mol. The minimum Gasteiger partial charge on any atom is -0.462 e. The Morgan fingerprint density at radius 2 is 0.515 bits per heavy atom. The van der Waals surface area contributed by atoms with Gasteiger partial charge in [-0.2, -0.15) is 0 Å². The van der Waals surface area contributed by atoms with Crippen LogP contribution in [0.3, 0.4) is 0 Å². The molecule has 0 N–H and O–H groups in total. The Labute approximate surface area is 411 Å². The molecule has 0 rings (SSSR count). The molecule has 6 heteroatoms. The van der Waals surface area contributed by atoms with Crippen molar-refractivity contribution in [1.29, 1.82) is 0 Å². The molecule has 0 aliphatic heterocycles. The molecule has 0 aromatic heterocycles. The van der Waals surface area contributed by atoms with Gasteiger partial charge in [0.1, 0.15) is 13.2 Å². The maximum atomic E-state index is 12.8. The van der Waals surface area contributed by atoms with Crippen molar-refractivity contribution >= 4 is 17.9 Å². The molecule has 0 fully saturated rings. The first-order chi connectivity index (χ1) is 32.5. The Balaban J connectivity index is 4.23. The van der Waals surface area contributed by atoms with Crippen molar-refractivity contribution in [3.8, 4) is 0 Å². The molecule has 0 radical (unpaired) electrons. The SMILES string of the molecule is CCCC/C=C\CCCCCCCC(=O)OCC(COC(=O)CCCCCCCCCCCCCCCCCCCCCCC)OC(=O)CCCCCCCCCCCCCCCCCC. The third-order valence-corrected chi connectivity index (χ3v) is 13.5. The van der Waals surface area contributed by atoms with E-state index in [-0.39, 0.29) is 31.1 Å². The predicted molar refractivity (Wildman–Crippen MR) is 284 cm³/mol. The summed E-state index contributed by atoms with van der Waals surface area (Å²) >= 11 is 0. The summed E-state index contributed by atoms with van der Waals surface area (Å²) in [6.07, 6.45) is 63.6. The Morgan fingerprint density at radius 3 is 0.803 bits per heavy atom. The van der Waals surface area contributed by atoms with Gasteiger partial charge in [0.25, 0.3) is 0 Å². The van der Waals surface area contributed by atoms with Crippen LogP contribution in [-0.4, -0.2) is 37.2 Å². The molecule has 0 spiro atoms. The third-order valence-electron chi connectivity index (χ3n) is 13.5. The van der Waals surface area contributed by atoms with Crippen molar-refractivity contribution in [2.45, 2.75) is 341 Å². The number of hydrogen-bond donors (Lipinski definition) is 0. The van der Waals surface area contributed by atoms with Crippen LogP contribution in [0.4, 0.5) is 0 Å². The van der Waals surface area contributed by atoms with E-state index in [0.29, 0.717) is 19.3 Å². The fraction of sp³-hybridized carbons (Fsp3) is 0.917. The van der Waals surface area contributed by atoms with E-state index in [9.17, 15) is 14.4 Å². The lowest BCUT2D eigenvalue weighted by Crippen LogP contribution is -2.30. The second-order valence-corrected chi connectivity index (χ2v) is 20.3. The van der Waals surface area contributed by atoms with Gasteiger partial charge in [0, 0.05) is 19.3 Å². The highest BCUT2D eigenvalue weighted by molar-refractivity contribution is 5.71. The van der Waals surface area contributed by atoms with Crippen LogP contribution in [-0.2, 0) is 28.6 Å². The number of carbonyl (C=O) groups excluding carboxylic acids is 3. The Kier molecular flexibility index (Phi) is 54.2. The zero-order chi connectivity index (χ0) is 47.9. The van der Waals surface area contributed by atoms with Gasteiger partial charge in [-0.25, -0.2) is 0 Å². The van der Waals surface area contributed by atoms with Crippen LogP contribution in [0.1, 0.15) is 335 Å². The van der Waals surface area contributed by atoms with Gasteiger partial charge in [0.2, 0.25) is 0 Å². The number of esters is 3. The van der Waals surface area contributed by atoms with Crippen LogP contribution in [0, 0.1) is 0 Å². The summed E-state index contributed by atoms with van der Waals surface area (Å²) in [5.74, 6) is -0.852. The van der Waals surface area contributed by atoms with Gasteiger partial charge in [0.05, 0.1) is 0 Å². The predicted octanol–water partition coefficient (Wildman–Crippen LogP) is 19.7. The van der Waals surface area contributed by atoms with Gasteiger partial charge in [0.15, 0.2) is 6.10 Å². The van der Waals surface area contributed by atoms with Gasteiger partial charge in [-0.1, -0.05) is 290 Å². The van der Waals surface area contributed by atoms with E-state index in [1.54, 1.807) is 0 Å². The molecule has 0 aromatic rings. The van der Waals surface area contributed by atoms with Crippen molar-refractivity contribution in [1.82, 2.24) is 0 Å². The standard InChI is InChI=1S/C60H114O6/c1-4-7-10-13-16-19-22-24-26-28-29-30-31-32-34-35-38-41-44-47-50-53-59(62)65-56-57(55-64-58(61)52-49-46-43-40-37-21-18-15-12-9-6-3)66-60(63)54-51-48-45-42-39-36-33-27-25-23-20-17-14-11-8-5-2/h15,18,57H,4-14,16-17,19-56H2,1-3H3/b18-15-. The van der Waals surface area contributed by atoms with E-state index in [1.165, 1.54) is 231 Å². The molecule has 390 valence electrons. The Morgan fingerprint density at radius 1 is 0.288 bits per heavy atom. The van der Waals surface area contributed by atoms with Crippen LogP contribution < -0.4 is 0 Å². The van der Waals surface area contributed by atoms with Gasteiger partial charge >= 0.3 is 17.9 Å². The van der Waals surface area contributed by atoms with E-state index in [0.717, 1.165) is 64.2 Å². The summed E-state index contributed by atoms with van der Waals surface area (Å²) in [6, 6.07) is 0. The van der Waals surface area contributed by atoms with E-state index in [1.807, 2.05) is 0 Å². The summed E-state index contributed by atoms with van der Waals surface area (Å²) in [7, 11) is 0. The number of unbranched alkanes of at least 4 members (excludes halogenated alkanes) is 42. The lowest BCUT2D eigenvalue weighted by Gasteiger charge is -2.18. The van der Waals surface area contributed by atoms with Crippen LogP contribution in [0.25, 0.3) is 0 Å². The molecule has 0 bridgehead atoms. The third kappa shape index (κ3) is 53.1. The molecule has 0 aliphatic rings. The fourth-order valence-corrected chi connectivity index (χ4v) is 9.02. The summed E-state index contributed by atoms with van der Waals surface area (Å²) in [4.78, 5) is 38.1. The zero-order valence-corrected chi connectivity index (χ0v) is 44.7. The number of hydrogen-bond acceptors (Lipinski definition) is 6. The molecule has 0 aliphatic carbocycles. The lowest BCUT2D eigenvalue weighted by atomic mass is 10.0. The maximum Gasteiger partial charge on any atom is 0.306 e. The quantitative estimate of drug-likeness (QED) is 0.0262. The lowest BCUT2D eigenvalue weighted by molar-refractivity contribution is -0.167. The molecule has 0 saturated heterocycles. The van der Waals surface area contributed by atoms with Crippen molar-refractivity contribution in [2.75, 3.05) is 13.2 Å². The second-order valence-electron chi connectivity index (χ2n) is 20.3. The number of rotatable bonds is 55. The van der Waals surface area contributed by atoms with Crippen LogP contribution in [0.2, 0.25) is 0 Å². The summed E-state index contributed by atoms with van der Waals surface area (Å²) in [5.41, 5.74) is 0. The summed E-state index contributed by atoms with van der Waals surface area (Å²) < 4.78 is 16.9. The molecule has 66 heavy (non-hydrogen) atoms. The molecule has 0 saturated carbocycles. The zero-order valence-electron chi connectivity index (χ0n) is 44.7. The Bertz CT molecular complexity index is 1020. The minimum absolute atomic E-state index is 0.0665. The molecular formula is C60H114O6. The van der Waals surface area contributed by atoms with Crippen LogP contribution >= 0.6 is 0 Å². The van der Waals surface area contributed by atoms with E-state index < -0.39 is 6.10 Å². The number of carbonyl (C=O) groups is 3. The van der Waals surface area contributed by atoms with Crippen molar-refractivity contribution in [2.24, 2.45) is 0 Å². The fourth-order valence-electron chi connectivity index (χ4n) is 9.02. The van der Waals surface area contributed by atoms with Crippen LogP contribution in [0.5, 0.6) is 0 Å². The molecule has 1 unspecified atom stereocenters. The average Bonchev–Trinajstić information content (AvgIpc) is 3.31. The highest BCUT2D eigenvalue weighted by atomic mass is 16.6. The van der Waals surface area contributed by atoms with Gasteiger partial charge in [-0.3, -0.25) is 14.4 Å². The highest BCUT2D eigenvalue weighted by Crippen LogP contribution is 2.18. The molecular weight excluding hydrogens is 817 g/mol. The molecule has 0 heterocycles. The largest absolute Gasteiger partial charge is 0.462 e. The molecule has 1 atom stereocenters. The van der Waals surface area contributed by atoms with E-state index >= 15 is 0 Å². The second kappa shape index (κ2) is 55.7.